The first kappa shape index (κ1) is 15.0. The third-order valence-corrected chi connectivity index (χ3v) is 3.50. The molecule has 1 aromatic heterocycles. The van der Waals surface area contributed by atoms with E-state index in [4.69, 9.17) is 9.47 Å². The average Bonchev–Trinajstić information content (AvgIpc) is 2.38. The van der Waals surface area contributed by atoms with Gasteiger partial charge in [-0.05, 0) is 26.0 Å². The average molecular weight is 274 g/mol. The fourth-order valence-electron chi connectivity index (χ4n) is 1.30. The lowest BCUT2D eigenvalue weighted by Gasteiger charge is -2.17. The summed E-state index contributed by atoms with van der Waals surface area (Å²) >= 11 is 0. The van der Waals surface area contributed by atoms with E-state index in [9.17, 15) is 8.42 Å². The standard InChI is InChI=1S/C11H18N2O4S/c1-3-16-11(17-4-2)9-13-18(14,15)10-6-5-7-12-8-10/h5-8,11,13H,3-4,9H2,1-2H3. The predicted molar refractivity (Wildman–Crippen MR) is 66.5 cm³/mol. The van der Waals surface area contributed by atoms with Crippen LogP contribution in [0.25, 0.3) is 0 Å². The van der Waals surface area contributed by atoms with Crippen molar-refractivity contribution in [3.63, 3.8) is 0 Å². The summed E-state index contributed by atoms with van der Waals surface area (Å²) in [5.41, 5.74) is 0. The smallest absolute Gasteiger partial charge is 0.242 e. The summed E-state index contributed by atoms with van der Waals surface area (Å²) in [4.78, 5) is 3.89. The van der Waals surface area contributed by atoms with Crippen molar-refractivity contribution in [1.82, 2.24) is 9.71 Å². The number of pyridine rings is 1. The minimum Gasteiger partial charge on any atom is -0.352 e. The fraction of sp³-hybridized carbons (Fsp3) is 0.545. The molecule has 0 radical (unpaired) electrons. The van der Waals surface area contributed by atoms with Crippen molar-refractivity contribution in [3.05, 3.63) is 24.5 Å². The lowest BCUT2D eigenvalue weighted by molar-refractivity contribution is -0.130. The van der Waals surface area contributed by atoms with Crippen molar-refractivity contribution in [2.45, 2.75) is 25.0 Å². The summed E-state index contributed by atoms with van der Waals surface area (Å²) in [6.45, 7) is 4.63. The van der Waals surface area contributed by atoms with Crippen LogP contribution >= 0.6 is 0 Å². The molecular weight excluding hydrogens is 256 g/mol. The molecule has 7 heteroatoms. The summed E-state index contributed by atoms with van der Waals surface area (Å²) in [6.07, 6.45) is 2.23. The third-order valence-electron chi connectivity index (χ3n) is 2.09. The second kappa shape index (κ2) is 7.42. The van der Waals surface area contributed by atoms with Crippen LogP contribution in [-0.4, -0.2) is 39.5 Å². The summed E-state index contributed by atoms with van der Waals surface area (Å²) < 4.78 is 36.7. The van der Waals surface area contributed by atoms with Crippen LogP contribution in [0.5, 0.6) is 0 Å². The van der Waals surface area contributed by atoms with E-state index >= 15 is 0 Å². The maximum absolute atomic E-state index is 11.9. The molecule has 0 saturated heterocycles. The quantitative estimate of drug-likeness (QED) is 0.708. The molecule has 0 aliphatic heterocycles. The molecule has 0 aliphatic carbocycles. The van der Waals surface area contributed by atoms with Crippen LogP contribution in [0, 0.1) is 0 Å². The molecule has 0 atom stereocenters. The predicted octanol–water partition coefficient (Wildman–Crippen LogP) is 0.759. The lowest BCUT2D eigenvalue weighted by atomic mass is 10.5. The highest BCUT2D eigenvalue weighted by Crippen LogP contribution is 2.05. The maximum atomic E-state index is 11.9. The number of nitrogens with one attached hydrogen (secondary N) is 1. The molecule has 1 aromatic rings. The Morgan fingerprint density at radius 1 is 1.33 bits per heavy atom. The van der Waals surface area contributed by atoms with Crippen LogP contribution in [0.3, 0.4) is 0 Å². The highest BCUT2D eigenvalue weighted by Gasteiger charge is 2.17. The molecule has 0 amide bonds. The molecule has 0 fully saturated rings. The second-order valence-electron chi connectivity index (χ2n) is 3.38. The molecule has 1 rings (SSSR count). The minimum atomic E-state index is -3.56. The van der Waals surface area contributed by atoms with Gasteiger partial charge in [0.2, 0.25) is 10.0 Å². The van der Waals surface area contributed by atoms with Crippen LogP contribution in [-0.2, 0) is 19.5 Å². The fourth-order valence-corrected chi connectivity index (χ4v) is 2.28. The van der Waals surface area contributed by atoms with Crippen LogP contribution in [0.2, 0.25) is 0 Å². The number of ether oxygens (including phenoxy) is 2. The molecule has 102 valence electrons. The highest BCUT2D eigenvalue weighted by molar-refractivity contribution is 7.89. The summed E-state index contributed by atoms with van der Waals surface area (Å²) in [5.74, 6) is 0. The Labute approximate surface area is 107 Å². The van der Waals surface area contributed by atoms with Gasteiger partial charge >= 0.3 is 0 Å². The van der Waals surface area contributed by atoms with Gasteiger partial charge in [0.15, 0.2) is 6.29 Å². The van der Waals surface area contributed by atoms with E-state index in [-0.39, 0.29) is 11.4 Å². The third kappa shape index (κ3) is 4.69. The molecule has 0 aromatic carbocycles. The van der Waals surface area contributed by atoms with Gasteiger partial charge in [0.25, 0.3) is 0 Å². The van der Waals surface area contributed by atoms with Crippen molar-refractivity contribution < 1.29 is 17.9 Å². The van der Waals surface area contributed by atoms with Crippen LogP contribution in [0.1, 0.15) is 13.8 Å². The molecule has 0 bridgehead atoms. The summed E-state index contributed by atoms with van der Waals surface area (Å²) in [5, 5.41) is 0. The summed E-state index contributed by atoms with van der Waals surface area (Å²) in [6, 6.07) is 3.04. The van der Waals surface area contributed by atoms with Crippen molar-refractivity contribution in [3.8, 4) is 0 Å². The molecule has 0 unspecified atom stereocenters. The first-order chi connectivity index (χ1) is 8.60. The zero-order valence-electron chi connectivity index (χ0n) is 10.5. The van der Waals surface area contributed by atoms with E-state index in [1.807, 2.05) is 13.8 Å². The van der Waals surface area contributed by atoms with Gasteiger partial charge in [0.1, 0.15) is 4.90 Å². The lowest BCUT2D eigenvalue weighted by Crippen LogP contribution is -2.35. The van der Waals surface area contributed by atoms with E-state index in [1.54, 1.807) is 6.07 Å². The van der Waals surface area contributed by atoms with Crippen LogP contribution < -0.4 is 4.72 Å². The monoisotopic (exact) mass is 274 g/mol. The Balaban J connectivity index is 2.61. The van der Waals surface area contributed by atoms with Gasteiger partial charge in [-0.1, -0.05) is 0 Å². The van der Waals surface area contributed by atoms with Gasteiger partial charge in [-0.3, -0.25) is 4.98 Å². The zero-order valence-corrected chi connectivity index (χ0v) is 11.3. The summed E-state index contributed by atoms with van der Waals surface area (Å²) in [7, 11) is -3.56. The van der Waals surface area contributed by atoms with Gasteiger partial charge in [0.05, 0.1) is 6.54 Å². The first-order valence-corrected chi connectivity index (χ1v) is 7.21. The number of hydrogen-bond donors (Lipinski definition) is 1. The molecule has 1 N–H and O–H groups in total. The second-order valence-corrected chi connectivity index (χ2v) is 5.15. The number of nitrogens with zero attached hydrogens (tertiary/aromatic N) is 1. The Morgan fingerprint density at radius 3 is 2.50 bits per heavy atom. The maximum Gasteiger partial charge on any atom is 0.242 e. The van der Waals surface area contributed by atoms with Crippen molar-refractivity contribution >= 4 is 10.0 Å². The Kier molecular flexibility index (Phi) is 6.20. The first-order valence-electron chi connectivity index (χ1n) is 5.73. The van der Waals surface area contributed by atoms with Crippen LogP contribution in [0.4, 0.5) is 0 Å². The van der Waals surface area contributed by atoms with Crippen molar-refractivity contribution in [2.75, 3.05) is 19.8 Å². The van der Waals surface area contributed by atoms with Gasteiger partial charge < -0.3 is 9.47 Å². The molecule has 6 nitrogen and oxygen atoms in total. The molecule has 18 heavy (non-hydrogen) atoms. The van der Waals surface area contributed by atoms with Gasteiger partial charge in [-0.15, -0.1) is 0 Å². The van der Waals surface area contributed by atoms with E-state index in [2.05, 4.69) is 9.71 Å². The molecular formula is C11H18N2O4S. The topological polar surface area (TPSA) is 77.5 Å². The molecule has 0 aliphatic rings. The van der Waals surface area contributed by atoms with E-state index in [0.29, 0.717) is 13.2 Å². The number of hydrogen-bond acceptors (Lipinski definition) is 5. The van der Waals surface area contributed by atoms with Gasteiger partial charge in [-0.2, -0.15) is 0 Å². The van der Waals surface area contributed by atoms with Crippen molar-refractivity contribution in [2.24, 2.45) is 0 Å². The SMILES string of the molecule is CCOC(CNS(=O)(=O)c1cccnc1)OCC. The van der Waals surface area contributed by atoms with Gasteiger partial charge in [0, 0.05) is 25.6 Å². The van der Waals surface area contributed by atoms with E-state index in [1.165, 1.54) is 18.5 Å². The highest BCUT2D eigenvalue weighted by atomic mass is 32.2. The Hall–Kier alpha value is -1.02. The normalized spacial score (nSPS) is 11.9. The van der Waals surface area contributed by atoms with E-state index in [0.717, 1.165) is 0 Å². The largest absolute Gasteiger partial charge is 0.352 e. The van der Waals surface area contributed by atoms with E-state index < -0.39 is 16.3 Å². The van der Waals surface area contributed by atoms with Gasteiger partial charge in [-0.25, -0.2) is 13.1 Å². The van der Waals surface area contributed by atoms with Crippen LogP contribution in [0.15, 0.2) is 29.4 Å². The number of sulfonamides is 1. The number of aromatic nitrogens is 1. The Morgan fingerprint density at radius 2 is 2.00 bits per heavy atom. The van der Waals surface area contributed by atoms with Crippen molar-refractivity contribution in [1.29, 1.82) is 0 Å². The number of rotatable bonds is 8. The minimum absolute atomic E-state index is 0.0684. The zero-order chi connectivity index (χ0) is 13.4. The molecule has 1 heterocycles. The molecule has 0 spiro atoms. The molecule has 0 saturated carbocycles. The Bertz CT molecular complexity index is 430.